The summed E-state index contributed by atoms with van der Waals surface area (Å²) in [6, 6.07) is 4.98. The highest BCUT2D eigenvalue weighted by Crippen LogP contribution is 2.40. The average molecular weight is 442 g/mol. The molecule has 3 heterocycles. The van der Waals surface area contributed by atoms with Gasteiger partial charge in [0.1, 0.15) is 6.33 Å². The molecule has 160 valence electrons. The van der Waals surface area contributed by atoms with Gasteiger partial charge in [0, 0.05) is 47.3 Å². The fraction of sp³-hybridized carbons (Fsp3) is 0.421. The van der Waals surface area contributed by atoms with Crippen LogP contribution in [0.3, 0.4) is 0 Å². The normalized spacial score (nSPS) is 17.0. The van der Waals surface area contributed by atoms with Gasteiger partial charge in [0.05, 0.1) is 6.04 Å². The third kappa shape index (κ3) is 3.82. The van der Waals surface area contributed by atoms with E-state index < -0.39 is 24.0 Å². The van der Waals surface area contributed by atoms with Crippen molar-refractivity contribution in [1.29, 1.82) is 0 Å². The molecule has 0 saturated heterocycles. The third-order valence-corrected chi connectivity index (χ3v) is 5.59. The number of H-pyrrole nitrogens is 1. The van der Waals surface area contributed by atoms with E-state index in [1.165, 1.54) is 0 Å². The van der Waals surface area contributed by atoms with Crippen LogP contribution in [0.25, 0.3) is 10.9 Å². The fourth-order valence-electron chi connectivity index (χ4n) is 3.91. The van der Waals surface area contributed by atoms with E-state index >= 15 is 0 Å². The van der Waals surface area contributed by atoms with E-state index in [4.69, 9.17) is 11.6 Å². The van der Waals surface area contributed by atoms with Crippen molar-refractivity contribution in [3.05, 3.63) is 46.6 Å². The van der Waals surface area contributed by atoms with Gasteiger partial charge in [-0.3, -0.25) is 0 Å². The van der Waals surface area contributed by atoms with E-state index in [1.807, 2.05) is 12.1 Å². The van der Waals surface area contributed by atoms with Crippen molar-refractivity contribution in [2.75, 3.05) is 24.7 Å². The Labute approximate surface area is 174 Å². The van der Waals surface area contributed by atoms with Gasteiger partial charge in [-0.15, -0.1) is 0 Å². The monoisotopic (exact) mass is 441 g/mol. The number of alkyl halides is 3. The number of aliphatic hydroxyl groups is 2. The molecular weight excluding hydrogens is 423 g/mol. The molecule has 0 bridgehead atoms. The van der Waals surface area contributed by atoms with Crippen molar-refractivity contribution in [3.63, 3.8) is 0 Å². The molecule has 7 nitrogen and oxygen atoms in total. The van der Waals surface area contributed by atoms with Gasteiger partial charge in [-0.2, -0.15) is 18.2 Å². The molecule has 4 rings (SSSR count). The first-order valence-corrected chi connectivity index (χ1v) is 9.74. The van der Waals surface area contributed by atoms with Gasteiger partial charge in [0.15, 0.2) is 0 Å². The molecule has 0 amide bonds. The molecule has 1 aliphatic rings. The fourth-order valence-corrected chi connectivity index (χ4v) is 4.08. The smallest absolute Gasteiger partial charge is 0.396 e. The summed E-state index contributed by atoms with van der Waals surface area (Å²) in [5, 5.41) is 20.7. The maximum atomic E-state index is 13.1. The first-order chi connectivity index (χ1) is 14.3. The zero-order chi connectivity index (χ0) is 21.5. The molecular formula is C19H19ClF3N5O2. The van der Waals surface area contributed by atoms with Crippen molar-refractivity contribution in [2.24, 2.45) is 5.92 Å². The highest BCUT2D eigenvalue weighted by atomic mass is 35.5. The van der Waals surface area contributed by atoms with E-state index in [-0.39, 0.29) is 19.2 Å². The lowest BCUT2D eigenvalue weighted by molar-refractivity contribution is -0.145. The lowest BCUT2D eigenvalue weighted by Gasteiger charge is -2.37. The van der Waals surface area contributed by atoms with Crippen LogP contribution in [-0.2, 0) is 12.6 Å². The topological polar surface area (TPSA) is 98.2 Å². The second-order valence-electron chi connectivity index (χ2n) is 7.24. The highest BCUT2D eigenvalue weighted by molar-refractivity contribution is 6.31. The quantitative estimate of drug-likeness (QED) is 0.562. The first kappa shape index (κ1) is 20.8. The molecule has 0 unspecified atom stereocenters. The van der Waals surface area contributed by atoms with Crippen LogP contribution in [0.2, 0.25) is 5.02 Å². The Kier molecular flexibility index (Phi) is 5.56. The number of hydrogen-bond acceptors (Lipinski definition) is 6. The second kappa shape index (κ2) is 8.01. The van der Waals surface area contributed by atoms with Gasteiger partial charge in [-0.25, -0.2) is 9.97 Å². The maximum absolute atomic E-state index is 13.1. The average Bonchev–Trinajstić information content (AvgIpc) is 3.09. The first-order valence-electron chi connectivity index (χ1n) is 9.36. The molecule has 1 aliphatic heterocycles. The molecule has 3 aromatic rings. The van der Waals surface area contributed by atoms with Gasteiger partial charge in [-0.05, 0) is 36.6 Å². The number of aliphatic hydroxyl groups excluding tert-OH is 2. The van der Waals surface area contributed by atoms with E-state index in [0.717, 1.165) is 28.5 Å². The number of aromatic amines is 1. The molecule has 1 atom stereocenters. The van der Waals surface area contributed by atoms with Gasteiger partial charge >= 0.3 is 6.18 Å². The number of nitrogens with zero attached hydrogens (tertiary/aromatic N) is 4. The van der Waals surface area contributed by atoms with E-state index in [0.29, 0.717) is 24.4 Å². The molecule has 1 aromatic carbocycles. The summed E-state index contributed by atoms with van der Waals surface area (Å²) < 4.78 is 39.3. The number of halogens is 4. The molecule has 30 heavy (non-hydrogen) atoms. The van der Waals surface area contributed by atoms with Gasteiger partial charge in [0.2, 0.25) is 11.8 Å². The number of nitrogens with one attached hydrogen (secondary N) is 1. The summed E-state index contributed by atoms with van der Waals surface area (Å²) in [6.07, 6.45) is -3.00. The van der Waals surface area contributed by atoms with Crippen LogP contribution in [-0.4, -0.2) is 49.9 Å². The minimum atomic E-state index is -4.69. The van der Waals surface area contributed by atoms with Crippen LogP contribution in [0.5, 0.6) is 0 Å². The number of anilines is 1. The minimum Gasteiger partial charge on any atom is -0.396 e. The van der Waals surface area contributed by atoms with Crippen LogP contribution in [0.1, 0.15) is 29.5 Å². The molecule has 3 N–H and O–H groups in total. The Bertz CT molecular complexity index is 1050. The van der Waals surface area contributed by atoms with Crippen LogP contribution in [0.15, 0.2) is 24.5 Å². The minimum absolute atomic E-state index is 0.0979. The summed E-state index contributed by atoms with van der Waals surface area (Å²) in [5.41, 5.74) is 2.65. The number of aromatic nitrogens is 4. The van der Waals surface area contributed by atoms with Crippen LogP contribution >= 0.6 is 11.6 Å². The summed E-state index contributed by atoms with van der Waals surface area (Å²) in [4.78, 5) is 15.8. The van der Waals surface area contributed by atoms with E-state index in [1.54, 1.807) is 11.0 Å². The second-order valence-corrected chi connectivity index (χ2v) is 7.68. The third-order valence-electron chi connectivity index (χ3n) is 5.36. The van der Waals surface area contributed by atoms with E-state index in [9.17, 15) is 23.4 Å². The zero-order valence-electron chi connectivity index (χ0n) is 15.7. The van der Waals surface area contributed by atoms with Gasteiger partial charge in [-0.1, -0.05) is 11.6 Å². The van der Waals surface area contributed by atoms with Gasteiger partial charge in [0.25, 0.3) is 0 Å². The Morgan fingerprint density at radius 3 is 2.70 bits per heavy atom. The summed E-state index contributed by atoms with van der Waals surface area (Å²) >= 11 is 6.14. The van der Waals surface area contributed by atoms with Crippen molar-refractivity contribution < 1.29 is 23.4 Å². The number of benzene rings is 1. The Morgan fingerprint density at radius 1 is 1.23 bits per heavy atom. The summed E-state index contributed by atoms with van der Waals surface area (Å²) in [5.74, 6) is -1.82. The number of hydrogen-bond donors (Lipinski definition) is 3. The maximum Gasteiger partial charge on any atom is 0.451 e. The molecule has 0 radical (unpaired) electrons. The lowest BCUT2D eigenvalue weighted by atomic mass is 9.91. The summed E-state index contributed by atoms with van der Waals surface area (Å²) in [7, 11) is 0. The molecule has 2 aromatic heterocycles. The molecule has 0 aliphatic carbocycles. The van der Waals surface area contributed by atoms with Crippen LogP contribution in [0, 0.1) is 5.92 Å². The number of fused-ring (bicyclic) bond motifs is 3. The molecule has 0 fully saturated rings. The van der Waals surface area contributed by atoms with Crippen molar-refractivity contribution in [2.45, 2.75) is 25.1 Å². The predicted molar refractivity (Wildman–Crippen MR) is 104 cm³/mol. The molecule has 0 spiro atoms. The SMILES string of the molecule is OCC(CO)C[C@H]1c2[nH]c3ccc(Cl)cc3c2CCN1c1ncnc(C(F)(F)F)n1. The van der Waals surface area contributed by atoms with Crippen LogP contribution < -0.4 is 4.90 Å². The largest absolute Gasteiger partial charge is 0.451 e. The van der Waals surface area contributed by atoms with Crippen molar-refractivity contribution in [3.8, 4) is 0 Å². The Balaban J connectivity index is 1.80. The molecule has 11 heteroatoms. The van der Waals surface area contributed by atoms with Crippen LogP contribution in [0.4, 0.5) is 19.1 Å². The Hall–Kier alpha value is -2.43. The lowest BCUT2D eigenvalue weighted by Crippen LogP contribution is -2.39. The number of rotatable bonds is 5. The zero-order valence-corrected chi connectivity index (χ0v) is 16.5. The predicted octanol–water partition coefficient (Wildman–Crippen LogP) is 3.12. The van der Waals surface area contributed by atoms with Crippen molar-refractivity contribution >= 4 is 28.5 Å². The van der Waals surface area contributed by atoms with Crippen molar-refractivity contribution in [1.82, 2.24) is 19.9 Å². The Morgan fingerprint density at radius 2 is 2.00 bits per heavy atom. The highest BCUT2D eigenvalue weighted by Gasteiger charge is 2.38. The summed E-state index contributed by atoms with van der Waals surface area (Å²) in [6.45, 7) is -0.150. The van der Waals surface area contributed by atoms with E-state index in [2.05, 4.69) is 19.9 Å². The van der Waals surface area contributed by atoms with Gasteiger partial charge < -0.3 is 20.1 Å². The molecule has 0 saturated carbocycles. The standard InChI is InChI=1S/C19H19ClF3N5O2/c20-11-1-2-14-13(6-11)12-3-4-28(15(16(12)26-14)5-10(7-29)8-30)18-25-9-24-17(27-18)19(21,22)23/h1-2,6,9-10,15,26,29-30H,3-5,7-8H2/t15-/m0/s1.